The van der Waals surface area contributed by atoms with Crippen molar-refractivity contribution >= 4 is 43.7 Å². The summed E-state index contributed by atoms with van der Waals surface area (Å²) < 4.78 is 8.97. The van der Waals surface area contributed by atoms with Gasteiger partial charge in [0.1, 0.15) is 11.2 Å². The largest absolute Gasteiger partial charge is 0.455 e. The molecule has 234 valence electrons. The van der Waals surface area contributed by atoms with Crippen LogP contribution in [0.1, 0.15) is 0 Å². The Bertz CT molecular complexity index is 2840. The number of para-hydroxylation sites is 3. The molecule has 2 heterocycles. The fourth-order valence-corrected chi connectivity index (χ4v) is 7.70. The lowest BCUT2D eigenvalue weighted by Gasteiger charge is -2.15. The summed E-state index contributed by atoms with van der Waals surface area (Å²) in [5.74, 6) is 0. The van der Waals surface area contributed by atoms with Gasteiger partial charge in [-0.1, -0.05) is 152 Å². The first kappa shape index (κ1) is 28.4. The average molecular weight is 638 g/mol. The molecule has 0 aliphatic carbocycles. The maximum atomic E-state index is 6.55. The molecular formula is C48H31NO. The summed E-state index contributed by atoms with van der Waals surface area (Å²) in [6.45, 7) is 0. The molecule has 0 unspecified atom stereocenters. The van der Waals surface area contributed by atoms with E-state index in [1.165, 1.54) is 49.6 Å². The quantitative estimate of drug-likeness (QED) is 0.184. The normalized spacial score (nSPS) is 11.6. The van der Waals surface area contributed by atoms with Gasteiger partial charge in [-0.3, -0.25) is 0 Å². The number of hydrogen-bond donors (Lipinski definition) is 0. The minimum atomic E-state index is 0.903. The number of aromatic nitrogens is 1. The van der Waals surface area contributed by atoms with Gasteiger partial charge in [-0.05, 0) is 69.8 Å². The van der Waals surface area contributed by atoms with Gasteiger partial charge in [0.15, 0.2) is 0 Å². The highest BCUT2D eigenvalue weighted by molar-refractivity contribution is 6.16. The lowest BCUT2D eigenvalue weighted by Crippen LogP contribution is -1.97. The summed E-state index contributed by atoms with van der Waals surface area (Å²) in [6, 6.07) is 67.3. The van der Waals surface area contributed by atoms with Gasteiger partial charge in [0.05, 0.1) is 16.7 Å². The molecule has 0 amide bonds. The van der Waals surface area contributed by atoms with Crippen LogP contribution in [-0.2, 0) is 0 Å². The smallest absolute Gasteiger partial charge is 0.143 e. The summed E-state index contributed by atoms with van der Waals surface area (Å²) in [7, 11) is 0. The van der Waals surface area contributed by atoms with Crippen LogP contribution in [0.15, 0.2) is 192 Å². The minimum Gasteiger partial charge on any atom is -0.455 e. The number of fused-ring (bicyclic) bond motifs is 6. The van der Waals surface area contributed by atoms with Crippen molar-refractivity contribution in [2.24, 2.45) is 0 Å². The van der Waals surface area contributed by atoms with Gasteiger partial charge in [0.2, 0.25) is 0 Å². The molecule has 0 fully saturated rings. The molecule has 0 saturated heterocycles. The van der Waals surface area contributed by atoms with Crippen LogP contribution in [0.25, 0.3) is 93.9 Å². The molecule has 0 radical (unpaired) electrons. The molecule has 8 aromatic carbocycles. The number of furan rings is 1. The summed E-state index contributed by atoms with van der Waals surface area (Å²) in [5.41, 5.74) is 14.8. The Labute approximate surface area is 290 Å². The van der Waals surface area contributed by atoms with Gasteiger partial charge in [-0.15, -0.1) is 0 Å². The zero-order chi connectivity index (χ0) is 33.0. The van der Waals surface area contributed by atoms with Crippen LogP contribution in [0.3, 0.4) is 0 Å². The van der Waals surface area contributed by atoms with Crippen LogP contribution in [0.2, 0.25) is 0 Å². The fourth-order valence-electron chi connectivity index (χ4n) is 7.70. The van der Waals surface area contributed by atoms with E-state index in [4.69, 9.17) is 4.42 Å². The lowest BCUT2D eigenvalue weighted by atomic mass is 9.93. The molecule has 2 heteroatoms. The Morgan fingerprint density at radius 3 is 1.70 bits per heavy atom. The van der Waals surface area contributed by atoms with E-state index in [2.05, 4.69) is 187 Å². The van der Waals surface area contributed by atoms with Gasteiger partial charge in [-0.2, -0.15) is 0 Å². The average Bonchev–Trinajstić information content (AvgIpc) is 3.74. The molecule has 0 N–H and O–H groups in total. The molecule has 2 aromatic heterocycles. The fraction of sp³-hybridized carbons (Fsp3) is 0. The molecule has 0 bridgehead atoms. The van der Waals surface area contributed by atoms with E-state index in [0.717, 1.165) is 44.3 Å². The third-order valence-electron chi connectivity index (χ3n) is 10.0. The third kappa shape index (κ3) is 4.50. The Morgan fingerprint density at radius 1 is 0.340 bits per heavy atom. The van der Waals surface area contributed by atoms with Crippen LogP contribution in [-0.4, -0.2) is 4.57 Å². The van der Waals surface area contributed by atoms with Crippen LogP contribution in [0.4, 0.5) is 0 Å². The van der Waals surface area contributed by atoms with E-state index in [0.29, 0.717) is 0 Å². The third-order valence-corrected chi connectivity index (χ3v) is 10.0. The SMILES string of the molecule is c1ccc(-c2ccc3c(c2)c2ccccc2n3-c2ccccc2-c2ccc(-c3ccc(-c4ccccc4)c4oc5ccccc5c34)cc2)cc1. The van der Waals surface area contributed by atoms with Gasteiger partial charge >= 0.3 is 0 Å². The number of benzene rings is 8. The van der Waals surface area contributed by atoms with Crippen molar-refractivity contribution in [1.29, 1.82) is 0 Å². The molecule has 10 rings (SSSR count). The highest BCUT2D eigenvalue weighted by Gasteiger charge is 2.19. The predicted molar refractivity (Wildman–Crippen MR) is 210 cm³/mol. The molecule has 10 aromatic rings. The van der Waals surface area contributed by atoms with Crippen molar-refractivity contribution in [3.05, 3.63) is 188 Å². The van der Waals surface area contributed by atoms with E-state index < -0.39 is 0 Å². The van der Waals surface area contributed by atoms with Crippen molar-refractivity contribution in [3.63, 3.8) is 0 Å². The van der Waals surface area contributed by atoms with Gasteiger partial charge in [-0.25, -0.2) is 0 Å². The second-order valence-electron chi connectivity index (χ2n) is 12.9. The predicted octanol–water partition coefficient (Wildman–Crippen LogP) is 13.4. The van der Waals surface area contributed by atoms with Crippen molar-refractivity contribution in [3.8, 4) is 50.2 Å². The summed E-state index contributed by atoms with van der Waals surface area (Å²) in [5, 5.41) is 4.78. The lowest BCUT2D eigenvalue weighted by molar-refractivity contribution is 0.670. The monoisotopic (exact) mass is 637 g/mol. The zero-order valence-corrected chi connectivity index (χ0v) is 27.3. The molecule has 2 nitrogen and oxygen atoms in total. The van der Waals surface area contributed by atoms with E-state index in [9.17, 15) is 0 Å². The van der Waals surface area contributed by atoms with Gasteiger partial charge in [0.25, 0.3) is 0 Å². The first-order valence-corrected chi connectivity index (χ1v) is 17.1. The molecular weight excluding hydrogens is 607 g/mol. The van der Waals surface area contributed by atoms with Crippen molar-refractivity contribution < 1.29 is 4.42 Å². The first-order valence-electron chi connectivity index (χ1n) is 17.1. The molecule has 0 aliphatic rings. The Hall–Kier alpha value is -6.64. The topological polar surface area (TPSA) is 18.1 Å². The van der Waals surface area contributed by atoms with E-state index in [1.807, 2.05) is 6.07 Å². The van der Waals surface area contributed by atoms with E-state index in [-0.39, 0.29) is 0 Å². The molecule has 0 spiro atoms. The van der Waals surface area contributed by atoms with E-state index in [1.54, 1.807) is 0 Å². The van der Waals surface area contributed by atoms with E-state index >= 15 is 0 Å². The number of nitrogens with zero attached hydrogens (tertiary/aromatic N) is 1. The first-order chi connectivity index (χ1) is 24.8. The Kier molecular flexibility index (Phi) is 6.53. The summed E-state index contributed by atoms with van der Waals surface area (Å²) >= 11 is 0. The van der Waals surface area contributed by atoms with Gasteiger partial charge < -0.3 is 8.98 Å². The number of rotatable bonds is 5. The zero-order valence-electron chi connectivity index (χ0n) is 27.3. The van der Waals surface area contributed by atoms with Crippen LogP contribution >= 0.6 is 0 Å². The van der Waals surface area contributed by atoms with Gasteiger partial charge in [0, 0.05) is 32.7 Å². The summed E-state index contributed by atoms with van der Waals surface area (Å²) in [6.07, 6.45) is 0. The number of hydrogen-bond acceptors (Lipinski definition) is 1. The van der Waals surface area contributed by atoms with Crippen LogP contribution in [0, 0.1) is 0 Å². The molecule has 50 heavy (non-hydrogen) atoms. The maximum absolute atomic E-state index is 6.55. The van der Waals surface area contributed by atoms with Crippen molar-refractivity contribution in [2.45, 2.75) is 0 Å². The van der Waals surface area contributed by atoms with Crippen molar-refractivity contribution in [1.82, 2.24) is 4.57 Å². The maximum Gasteiger partial charge on any atom is 0.143 e. The molecule has 0 aliphatic heterocycles. The second kappa shape index (κ2) is 11.5. The summed E-state index contributed by atoms with van der Waals surface area (Å²) in [4.78, 5) is 0. The second-order valence-corrected chi connectivity index (χ2v) is 12.9. The molecule has 0 saturated carbocycles. The Morgan fingerprint density at radius 2 is 0.900 bits per heavy atom. The van der Waals surface area contributed by atoms with Crippen LogP contribution < -0.4 is 0 Å². The Balaban J connectivity index is 1.11. The highest BCUT2D eigenvalue weighted by atomic mass is 16.3. The standard InChI is InChI=1S/C48H31NO/c1-3-13-32(14-4-1)36-27-30-45-42(31-36)40-18-8-11-21-44(40)49(45)43-20-10-7-17-37(43)34-23-25-35(26-24-34)38-28-29-39(33-15-5-2-6-16-33)48-47(38)41-19-9-12-22-46(41)50-48/h1-31H. The van der Waals surface area contributed by atoms with Crippen molar-refractivity contribution in [2.75, 3.05) is 0 Å². The molecule has 0 atom stereocenters. The van der Waals surface area contributed by atoms with Crippen LogP contribution in [0.5, 0.6) is 0 Å². The highest BCUT2D eigenvalue weighted by Crippen LogP contribution is 2.43. The minimum absolute atomic E-state index is 0.903.